The lowest BCUT2D eigenvalue weighted by molar-refractivity contribution is -0.137. The number of nitrogens with one attached hydrogen (secondary N) is 1. The van der Waals surface area contributed by atoms with E-state index in [2.05, 4.69) is 25.2 Å². The van der Waals surface area contributed by atoms with Gasteiger partial charge in [-0.15, -0.1) is 11.3 Å². The van der Waals surface area contributed by atoms with Crippen molar-refractivity contribution in [1.29, 1.82) is 0 Å². The first-order valence-electron chi connectivity index (χ1n) is 8.70. The maximum Gasteiger partial charge on any atom is 0.405 e. The molecular formula is C17H29N5O3S. The number of aromatic nitrogens is 1. The second kappa shape index (κ2) is 8.22. The maximum absolute atomic E-state index is 12.8. The van der Waals surface area contributed by atoms with Crippen LogP contribution in [-0.4, -0.2) is 70.7 Å². The second-order valence-corrected chi connectivity index (χ2v) is 8.48. The van der Waals surface area contributed by atoms with Gasteiger partial charge in [-0.1, -0.05) is 20.8 Å². The number of carboxylic acid groups (broad SMARTS) is 1. The molecule has 0 aliphatic carbocycles. The third-order valence-electron chi connectivity index (χ3n) is 4.66. The van der Waals surface area contributed by atoms with E-state index in [1.807, 2.05) is 27.8 Å². The van der Waals surface area contributed by atoms with Crippen LogP contribution in [0.3, 0.4) is 0 Å². The zero-order valence-corrected chi connectivity index (χ0v) is 17.0. The highest BCUT2D eigenvalue weighted by atomic mass is 32.1. The Balaban J connectivity index is 1.97. The van der Waals surface area contributed by atoms with Gasteiger partial charge in [0.05, 0.1) is 0 Å². The number of hydrogen-bond acceptors (Lipinski definition) is 5. The third kappa shape index (κ3) is 4.85. The Hall–Kier alpha value is -1.87. The lowest BCUT2D eigenvalue weighted by Gasteiger charge is -2.39. The summed E-state index contributed by atoms with van der Waals surface area (Å²) in [6, 6.07) is -0.741. The summed E-state index contributed by atoms with van der Waals surface area (Å²) < 4.78 is 2.09. The van der Waals surface area contributed by atoms with Crippen molar-refractivity contribution in [3.05, 3.63) is 15.9 Å². The zero-order chi connectivity index (χ0) is 19.5. The van der Waals surface area contributed by atoms with Gasteiger partial charge in [-0.3, -0.25) is 14.7 Å². The number of piperazine rings is 1. The molecule has 2 rings (SSSR count). The average Bonchev–Trinajstić information content (AvgIpc) is 2.91. The van der Waals surface area contributed by atoms with Crippen molar-refractivity contribution in [3.8, 4) is 0 Å². The van der Waals surface area contributed by atoms with Crippen LogP contribution in [0.25, 0.3) is 0 Å². The van der Waals surface area contributed by atoms with Crippen molar-refractivity contribution in [2.24, 2.45) is 17.5 Å². The Morgan fingerprint density at radius 1 is 1.31 bits per heavy atom. The molecule has 0 radical (unpaired) electrons. The molecule has 146 valence electrons. The summed E-state index contributed by atoms with van der Waals surface area (Å²) in [7, 11) is 3.80. The molecule has 0 bridgehead atoms. The van der Waals surface area contributed by atoms with Crippen LogP contribution in [-0.2, 0) is 18.4 Å². The molecule has 8 nitrogen and oxygen atoms in total. The van der Waals surface area contributed by atoms with Gasteiger partial charge >= 0.3 is 6.09 Å². The highest BCUT2D eigenvalue weighted by molar-refractivity contribution is 7.07. The minimum atomic E-state index is -1.17. The molecule has 1 aliphatic heterocycles. The van der Waals surface area contributed by atoms with Crippen LogP contribution in [0, 0.1) is 5.41 Å². The van der Waals surface area contributed by atoms with Crippen LogP contribution in [0.4, 0.5) is 4.79 Å². The van der Waals surface area contributed by atoms with E-state index in [1.165, 1.54) is 5.69 Å². The van der Waals surface area contributed by atoms with E-state index in [0.29, 0.717) is 13.1 Å². The van der Waals surface area contributed by atoms with E-state index in [1.54, 1.807) is 23.3 Å². The van der Waals surface area contributed by atoms with E-state index < -0.39 is 17.6 Å². The van der Waals surface area contributed by atoms with Gasteiger partial charge in [-0.2, -0.15) is 0 Å². The summed E-state index contributed by atoms with van der Waals surface area (Å²) in [5.41, 5.74) is 0.729. The highest BCUT2D eigenvalue weighted by Crippen LogP contribution is 2.22. The minimum Gasteiger partial charge on any atom is -0.465 e. The first-order valence-corrected chi connectivity index (χ1v) is 9.58. The van der Waals surface area contributed by atoms with Crippen LogP contribution in [0.2, 0.25) is 0 Å². The fourth-order valence-corrected chi connectivity index (χ4v) is 3.91. The van der Waals surface area contributed by atoms with Crippen molar-refractivity contribution in [2.45, 2.75) is 33.4 Å². The van der Waals surface area contributed by atoms with E-state index in [9.17, 15) is 9.59 Å². The van der Waals surface area contributed by atoms with Gasteiger partial charge in [0.25, 0.3) is 0 Å². The third-order valence-corrected chi connectivity index (χ3v) is 5.72. The van der Waals surface area contributed by atoms with Crippen LogP contribution in [0.5, 0.6) is 0 Å². The molecule has 26 heavy (non-hydrogen) atoms. The van der Waals surface area contributed by atoms with Gasteiger partial charge < -0.3 is 19.9 Å². The smallest absolute Gasteiger partial charge is 0.405 e. The molecule has 1 aromatic rings. The predicted molar refractivity (Wildman–Crippen MR) is 101 cm³/mol. The minimum absolute atomic E-state index is 0.146. The van der Waals surface area contributed by atoms with Crippen LogP contribution in [0.15, 0.2) is 10.4 Å². The molecule has 1 aromatic heterocycles. The van der Waals surface area contributed by atoms with Crippen molar-refractivity contribution >= 4 is 23.3 Å². The lowest BCUT2D eigenvalue weighted by Crippen LogP contribution is -2.58. The summed E-state index contributed by atoms with van der Waals surface area (Å²) in [4.78, 5) is 33.2. The Bertz CT molecular complexity index is 711. The second-order valence-electron chi connectivity index (χ2n) is 7.64. The number of hydrogen-bond donors (Lipinski definition) is 2. The first-order chi connectivity index (χ1) is 12.1. The number of nitrogens with zero attached hydrogens (tertiary/aromatic N) is 4. The molecule has 2 heterocycles. The molecular weight excluding hydrogens is 354 g/mol. The maximum atomic E-state index is 12.8. The Morgan fingerprint density at radius 2 is 1.92 bits per heavy atom. The van der Waals surface area contributed by atoms with E-state index in [0.717, 1.165) is 24.4 Å². The summed E-state index contributed by atoms with van der Waals surface area (Å²) in [5, 5.41) is 13.6. The number of amides is 2. The molecule has 9 heteroatoms. The van der Waals surface area contributed by atoms with Crippen molar-refractivity contribution < 1.29 is 14.7 Å². The van der Waals surface area contributed by atoms with E-state index in [-0.39, 0.29) is 5.91 Å². The molecule has 1 atom stereocenters. The van der Waals surface area contributed by atoms with E-state index >= 15 is 0 Å². The SMILES string of the molecule is CN=c1scc(CN2CCN(C(=O)[C@H](NC(=O)O)C(C)(C)C)CC2)n1C. The van der Waals surface area contributed by atoms with Gasteiger partial charge in [0, 0.05) is 57.9 Å². The normalized spacial score (nSPS) is 18.0. The molecule has 2 N–H and O–H groups in total. The largest absolute Gasteiger partial charge is 0.465 e. The molecule has 1 aliphatic rings. The lowest BCUT2D eigenvalue weighted by atomic mass is 9.85. The van der Waals surface area contributed by atoms with Gasteiger partial charge in [0.2, 0.25) is 5.91 Å². The van der Waals surface area contributed by atoms with Gasteiger partial charge in [-0.05, 0) is 5.41 Å². The van der Waals surface area contributed by atoms with Crippen molar-refractivity contribution in [1.82, 2.24) is 19.7 Å². The van der Waals surface area contributed by atoms with Gasteiger partial charge in [-0.25, -0.2) is 4.79 Å². The van der Waals surface area contributed by atoms with Crippen molar-refractivity contribution in [3.63, 3.8) is 0 Å². The topological polar surface area (TPSA) is 90.2 Å². The number of rotatable bonds is 4. The van der Waals surface area contributed by atoms with Gasteiger partial charge in [0.15, 0.2) is 4.80 Å². The molecule has 1 fully saturated rings. The van der Waals surface area contributed by atoms with Crippen LogP contribution < -0.4 is 10.1 Å². The molecule has 2 amide bonds. The Kier molecular flexibility index (Phi) is 6.46. The Morgan fingerprint density at radius 3 is 2.38 bits per heavy atom. The molecule has 0 aromatic carbocycles. The molecule has 1 saturated heterocycles. The van der Waals surface area contributed by atoms with Crippen LogP contribution in [0.1, 0.15) is 26.5 Å². The highest BCUT2D eigenvalue weighted by Gasteiger charge is 2.36. The predicted octanol–water partition coefficient (Wildman–Crippen LogP) is 0.944. The number of thiazole rings is 1. The zero-order valence-electron chi connectivity index (χ0n) is 16.2. The fourth-order valence-electron chi connectivity index (χ4n) is 3.06. The molecule has 0 saturated carbocycles. The molecule has 0 unspecified atom stereocenters. The monoisotopic (exact) mass is 383 g/mol. The summed E-state index contributed by atoms with van der Waals surface area (Å²) in [6.45, 7) is 9.17. The summed E-state index contributed by atoms with van der Waals surface area (Å²) >= 11 is 1.62. The summed E-state index contributed by atoms with van der Waals surface area (Å²) in [5.74, 6) is -0.146. The Labute approximate surface area is 158 Å². The van der Waals surface area contributed by atoms with Crippen molar-refractivity contribution in [2.75, 3.05) is 33.2 Å². The van der Waals surface area contributed by atoms with Crippen LogP contribution >= 0.6 is 11.3 Å². The quantitative estimate of drug-likeness (QED) is 0.810. The fraction of sp³-hybridized carbons (Fsp3) is 0.706. The number of carbonyl (C=O) groups excluding carboxylic acids is 1. The first kappa shape index (κ1) is 20.4. The summed E-state index contributed by atoms with van der Waals surface area (Å²) in [6.07, 6.45) is -1.17. The number of carbonyl (C=O) groups is 2. The average molecular weight is 384 g/mol. The van der Waals surface area contributed by atoms with Gasteiger partial charge in [0.1, 0.15) is 6.04 Å². The standard InChI is InChI=1S/C17H29N5O3S/c1-17(2,3)13(19-16(24)25)14(23)22-8-6-21(7-9-22)10-12-11-26-15(18-4)20(12)5/h11,13,19H,6-10H2,1-5H3,(H,24,25)/t13-/m0/s1. The van der Waals surface area contributed by atoms with E-state index in [4.69, 9.17) is 5.11 Å². The molecule has 0 spiro atoms.